The summed E-state index contributed by atoms with van der Waals surface area (Å²) in [6, 6.07) is 16.4. The third-order valence-corrected chi connectivity index (χ3v) is 7.24. The van der Waals surface area contributed by atoms with Gasteiger partial charge in [-0.2, -0.15) is 5.10 Å². The van der Waals surface area contributed by atoms with E-state index in [0.717, 1.165) is 37.3 Å². The number of nitrogens with zero attached hydrogens (tertiary/aromatic N) is 2. The SMILES string of the molecule is Cc1ccccc1-n1c(C)c(Br)c(/C=N\NC(=O)CSCc2cccc(Br)c2)c1C. The first-order chi connectivity index (χ1) is 14.4. The summed E-state index contributed by atoms with van der Waals surface area (Å²) in [6.45, 7) is 6.22. The highest BCUT2D eigenvalue weighted by Gasteiger charge is 2.16. The summed E-state index contributed by atoms with van der Waals surface area (Å²) in [5, 5.41) is 4.18. The van der Waals surface area contributed by atoms with Crippen LogP contribution in [0.15, 0.2) is 62.6 Å². The minimum Gasteiger partial charge on any atom is -0.316 e. The summed E-state index contributed by atoms with van der Waals surface area (Å²) in [4.78, 5) is 12.1. The Hall–Kier alpha value is -1.83. The number of para-hydroxylation sites is 1. The second-order valence-corrected chi connectivity index (χ2v) is 9.63. The van der Waals surface area contributed by atoms with Gasteiger partial charge in [0.2, 0.25) is 5.91 Å². The molecule has 1 amide bonds. The highest BCUT2D eigenvalue weighted by atomic mass is 79.9. The van der Waals surface area contributed by atoms with Crippen molar-refractivity contribution in [3.05, 3.63) is 85.6 Å². The Kier molecular flexibility index (Phi) is 7.97. The lowest BCUT2D eigenvalue weighted by atomic mass is 10.2. The molecule has 4 nitrogen and oxygen atoms in total. The van der Waals surface area contributed by atoms with Crippen molar-refractivity contribution in [3.63, 3.8) is 0 Å². The number of carbonyl (C=O) groups is 1. The molecule has 2 aromatic carbocycles. The van der Waals surface area contributed by atoms with E-state index < -0.39 is 0 Å². The van der Waals surface area contributed by atoms with Gasteiger partial charge in [0.15, 0.2) is 0 Å². The second-order valence-electron chi connectivity index (χ2n) is 6.94. The molecule has 0 saturated carbocycles. The number of hydrogen-bond donors (Lipinski definition) is 1. The first-order valence-corrected chi connectivity index (χ1v) is 12.2. The quantitative estimate of drug-likeness (QED) is 0.278. The Balaban J connectivity index is 1.63. The lowest BCUT2D eigenvalue weighted by Crippen LogP contribution is -2.19. The van der Waals surface area contributed by atoms with Crippen LogP contribution in [-0.2, 0) is 10.5 Å². The summed E-state index contributed by atoms with van der Waals surface area (Å²) in [5.74, 6) is 1.02. The molecular weight excluding hydrogens is 526 g/mol. The molecule has 7 heteroatoms. The number of aromatic nitrogens is 1. The van der Waals surface area contributed by atoms with Gasteiger partial charge >= 0.3 is 0 Å². The molecule has 156 valence electrons. The summed E-state index contributed by atoms with van der Waals surface area (Å²) in [5.41, 5.74) is 9.27. The number of aryl methyl sites for hydroxylation is 1. The van der Waals surface area contributed by atoms with E-state index in [9.17, 15) is 4.79 Å². The van der Waals surface area contributed by atoms with Gasteiger partial charge in [-0.1, -0.05) is 46.3 Å². The highest BCUT2D eigenvalue weighted by Crippen LogP contribution is 2.30. The minimum atomic E-state index is -0.116. The fraction of sp³-hybridized carbons (Fsp3) is 0.217. The van der Waals surface area contributed by atoms with Crippen molar-refractivity contribution in [2.45, 2.75) is 26.5 Å². The van der Waals surface area contributed by atoms with Crippen LogP contribution in [0.1, 0.15) is 28.1 Å². The molecular formula is C23H23Br2N3OS. The summed E-state index contributed by atoms with van der Waals surface area (Å²) >= 11 is 8.71. The van der Waals surface area contributed by atoms with Crippen LogP contribution in [0.3, 0.4) is 0 Å². The number of amides is 1. The van der Waals surface area contributed by atoms with E-state index in [-0.39, 0.29) is 5.91 Å². The summed E-state index contributed by atoms with van der Waals surface area (Å²) in [7, 11) is 0. The van der Waals surface area contributed by atoms with Gasteiger partial charge in [0.05, 0.1) is 12.0 Å². The number of rotatable bonds is 7. The molecule has 0 aliphatic rings. The third kappa shape index (κ3) is 5.45. The van der Waals surface area contributed by atoms with E-state index in [1.54, 1.807) is 18.0 Å². The van der Waals surface area contributed by atoms with Crippen LogP contribution >= 0.6 is 43.6 Å². The maximum Gasteiger partial charge on any atom is 0.250 e. The number of thioether (sulfide) groups is 1. The van der Waals surface area contributed by atoms with Crippen molar-refractivity contribution < 1.29 is 4.79 Å². The lowest BCUT2D eigenvalue weighted by molar-refractivity contribution is -0.118. The molecule has 0 radical (unpaired) electrons. The van der Waals surface area contributed by atoms with Gasteiger partial charge < -0.3 is 4.57 Å². The van der Waals surface area contributed by atoms with Crippen LogP contribution in [0.2, 0.25) is 0 Å². The van der Waals surface area contributed by atoms with Crippen molar-refractivity contribution in [1.82, 2.24) is 9.99 Å². The molecule has 1 heterocycles. The molecule has 3 rings (SSSR count). The highest BCUT2D eigenvalue weighted by molar-refractivity contribution is 9.10. The predicted octanol–water partition coefficient (Wildman–Crippen LogP) is 6.31. The van der Waals surface area contributed by atoms with Gasteiger partial charge in [0.25, 0.3) is 0 Å². The van der Waals surface area contributed by atoms with E-state index in [1.807, 2.05) is 24.3 Å². The Morgan fingerprint density at radius 3 is 2.60 bits per heavy atom. The van der Waals surface area contributed by atoms with E-state index in [1.165, 1.54) is 11.1 Å². The fourth-order valence-corrected chi connectivity index (χ4v) is 5.02. The zero-order chi connectivity index (χ0) is 21.7. The molecule has 0 bridgehead atoms. The zero-order valence-electron chi connectivity index (χ0n) is 17.1. The van der Waals surface area contributed by atoms with Crippen LogP contribution in [0.5, 0.6) is 0 Å². The molecule has 0 spiro atoms. The first-order valence-electron chi connectivity index (χ1n) is 9.46. The van der Waals surface area contributed by atoms with E-state index in [0.29, 0.717) is 5.75 Å². The smallest absolute Gasteiger partial charge is 0.250 e. The van der Waals surface area contributed by atoms with Crippen LogP contribution in [0.4, 0.5) is 0 Å². The lowest BCUT2D eigenvalue weighted by Gasteiger charge is -2.12. The molecule has 0 aliphatic heterocycles. The number of hydrogen-bond acceptors (Lipinski definition) is 3. The largest absolute Gasteiger partial charge is 0.316 e. The number of benzene rings is 2. The number of hydrazone groups is 1. The monoisotopic (exact) mass is 547 g/mol. The van der Waals surface area contributed by atoms with Crippen LogP contribution in [0.25, 0.3) is 5.69 Å². The standard InChI is InChI=1S/C23H23Br2N3OS/c1-15-7-4-5-10-21(15)28-16(2)20(23(25)17(28)3)12-26-27-22(29)14-30-13-18-8-6-9-19(24)11-18/h4-12H,13-14H2,1-3H3,(H,27,29)/b26-12-. The van der Waals surface area contributed by atoms with Crippen molar-refractivity contribution in [3.8, 4) is 5.69 Å². The summed E-state index contributed by atoms with van der Waals surface area (Å²) < 4.78 is 4.23. The van der Waals surface area contributed by atoms with Crippen LogP contribution < -0.4 is 5.43 Å². The Morgan fingerprint density at radius 2 is 1.87 bits per heavy atom. The topological polar surface area (TPSA) is 46.4 Å². The fourth-order valence-electron chi connectivity index (χ4n) is 3.24. The third-order valence-electron chi connectivity index (χ3n) is 4.74. The average molecular weight is 549 g/mol. The molecule has 1 N–H and O–H groups in total. The molecule has 3 aromatic rings. The Labute approximate surface area is 198 Å². The molecule has 0 unspecified atom stereocenters. The van der Waals surface area contributed by atoms with Crippen molar-refractivity contribution in [2.24, 2.45) is 5.10 Å². The molecule has 1 aromatic heterocycles. The van der Waals surface area contributed by atoms with Gasteiger partial charge in [0, 0.05) is 37.3 Å². The van der Waals surface area contributed by atoms with Crippen molar-refractivity contribution >= 4 is 55.7 Å². The number of nitrogens with one attached hydrogen (secondary N) is 1. The molecule has 0 atom stereocenters. The first kappa shape index (κ1) is 22.8. The number of halogens is 2. The van der Waals surface area contributed by atoms with Gasteiger partial charge in [-0.05, 0) is 66.0 Å². The molecule has 30 heavy (non-hydrogen) atoms. The van der Waals surface area contributed by atoms with E-state index in [2.05, 4.69) is 92.0 Å². The van der Waals surface area contributed by atoms with Gasteiger partial charge in [0.1, 0.15) is 0 Å². The van der Waals surface area contributed by atoms with Gasteiger partial charge in [-0.25, -0.2) is 5.43 Å². The maximum atomic E-state index is 12.1. The van der Waals surface area contributed by atoms with Crippen molar-refractivity contribution in [2.75, 3.05) is 5.75 Å². The van der Waals surface area contributed by atoms with Crippen LogP contribution in [0, 0.1) is 20.8 Å². The number of carbonyl (C=O) groups excluding carboxylic acids is 1. The summed E-state index contributed by atoms with van der Waals surface area (Å²) in [6.07, 6.45) is 1.71. The van der Waals surface area contributed by atoms with Crippen molar-refractivity contribution in [1.29, 1.82) is 0 Å². The van der Waals surface area contributed by atoms with Gasteiger partial charge in [-0.3, -0.25) is 4.79 Å². The Bertz CT molecular complexity index is 1090. The maximum absolute atomic E-state index is 12.1. The average Bonchev–Trinajstić information content (AvgIpc) is 2.92. The molecule has 0 aliphatic carbocycles. The second kappa shape index (κ2) is 10.5. The van der Waals surface area contributed by atoms with E-state index in [4.69, 9.17) is 0 Å². The normalized spacial score (nSPS) is 11.2. The zero-order valence-corrected chi connectivity index (χ0v) is 21.1. The Morgan fingerprint density at radius 1 is 1.10 bits per heavy atom. The molecule has 0 fully saturated rings. The predicted molar refractivity (Wildman–Crippen MR) is 134 cm³/mol. The molecule has 0 saturated heterocycles. The van der Waals surface area contributed by atoms with Gasteiger partial charge in [-0.15, -0.1) is 11.8 Å². The van der Waals surface area contributed by atoms with E-state index >= 15 is 0 Å². The minimum absolute atomic E-state index is 0.116. The van der Waals surface area contributed by atoms with Crippen LogP contribution in [-0.4, -0.2) is 22.4 Å².